The predicted molar refractivity (Wildman–Crippen MR) is 66.3 cm³/mol. The largest absolute Gasteiger partial charge is 0.378 e. The van der Waals surface area contributed by atoms with Crippen molar-refractivity contribution >= 4 is 5.91 Å². The zero-order valence-electron chi connectivity index (χ0n) is 10.4. The summed E-state index contributed by atoms with van der Waals surface area (Å²) in [6, 6.07) is 0. The van der Waals surface area contributed by atoms with Crippen molar-refractivity contribution in [2.24, 2.45) is 5.92 Å². The van der Waals surface area contributed by atoms with Gasteiger partial charge in [0.05, 0.1) is 19.1 Å². The molecule has 1 aliphatic heterocycles. The van der Waals surface area contributed by atoms with E-state index in [0.29, 0.717) is 18.9 Å². The summed E-state index contributed by atoms with van der Waals surface area (Å²) in [7, 11) is 0. The summed E-state index contributed by atoms with van der Waals surface area (Å²) in [5.41, 5.74) is 0. The summed E-state index contributed by atoms with van der Waals surface area (Å²) in [4.78, 5) is 13.9. The smallest absolute Gasteiger partial charge is 0.225 e. The molecule has 17 heavy (non-hydrogen) atoms. The fourth-order valence-corrected chi connectivity index (χ4v) is 2.27. The normalized spacial score (nSPS) is 24.1. The summed E-state index contributed by atoms with van der Waals surface area (Å²) in [5.74, 6) is 3.45. The number of carbonyl (C=O) groups excluding carboxylic acids is 1. The van der Waals surface area contributed by atoms with Crippen LogP contribution in [0.25, 0.3) is 0 Å². The van der Waals surface area contributed by atoms with Crippen molar-refractivity contribution < 1.29 is 9.53 Å². The maximum atomic E-state index is 12.1. The van der Waals surface area contributed by atoms with E-state index in [1.165, 1.54) is 19.3 Å². The first kappa shape index (κ1) is 12.4. The van der Waals surface area contributed by atoms with E-state index in [9.17, 15) is 4.79 Å². The van der Waals surface area contributed by atoms with Gasteiger partial charge >= 0.3 is 0 Å². The molecule has 1 heterocycles. The molecule has 1 saturated heterocycles. The van der Waals surface area contributed by atoms with Crippen molar-refractivity contribution in [2.75, 3.05) is 19.7 Å². The van der Waals surface area contributed by atoms with Crippen LogP contribution >= 0.6 is 0 Å². The van der Waals surface area contributed by atoms with E-state index in [1.807, 2.05) is 4.90 Å². The van der Waals surface area contributed by atoms with Gasteiger partial charge in [0, 0.05) is 13.2 Å². The van der Waals surface area contributed by atoms with E-state index in [4.69, 9.17) is 11.2 Å². The summed E-state index contributed by atoms with van der Waals surface area (Å²) >= 11 is 0. The lowest BCUT2D eigenvalue weighted by Gasteiger charge is -2.26. The predicted octanol–water partition coefficient (Wildman–Crippen LogP) is 1.82. The van der Waals surface area contributed by atoms with Crippen LogP contribution in [-0.4, -0.2) is 36.6 Å². The number of nitrogens with zero attached hydrogens (tertiary/aromatic N) is 1. The van der Waals surface area contributed by atoms with Crippen molar-refractivity contribution in [1.82, 2.24) is 4.90 Å². The first-order chi connectivity index (χ1) is 8.29. The van der Waals surface area contributed by atoms with E-state index >= 15 is 0 Å². The highest BCUT2D eigenvalue weighted by Crippen LogP contribution is 2.30. The molecular weight excluding hydrogens is 214 g/mol. The van der Waals surface area contributed by atoms with Crippen LogP contribution in [-0.2, 0) is 9.53 Å². The molecule has 1 aliphatic carbocycles. The number of hydrogen-bond acceptors (Lipinski definition) is 2. The Morgan fingerprint density at radius 2 is 2.18 bits per heavy atom. The summed E-state index contributed by atoms with van der Waals surface area (Å²) in [6.07, 6.45) is 11.8. The Morgan fingerprint density at radius 1 is 1.35 bits per heavy atom. The molecule has 0 radical (unpaired) electrons. The van der Waals surface area contributed by atoms with E-state index < -0.39 is 0 Å². The van der Waals surface area contributed by atoms with Crippen LogP contribution in [0.2, 0.25) is 0 Å². The molecule has 1 saturated carbocycles. The number of hydrogen-bond donors (Lipinski definition) is 0. The molecule has 0 aromatic carbocycles. The fourth-order valence-electron chi connectivity index (χ4n) is 2.27. The second-order valence-electron chi connectivity index (χ2n) is 5.11. The van der Waals surface area contributed by atoms with Crippen LogP contribution in [0.4, 0.5) is 0 Å². The van der Waals surface area contributed by atoms with Gasteiger partial charge in [-0.1, -0.05) is 5.92 Å². The van der Waals surface area contributed by atoms with E-state index in [0.717, 1.165) is 26.0 Å². The molecule has 0 bridgehead atoms. The minimum Gasteiger partial charge on any atom is -0.378 e. The van der Waals surface area contributed by atoms with Gasteiger partial charge in [-0.15, -0.1) is 6.42 Å². The SMILES string of the molecule is C#CCN(CC1CC1)C(=O)CC1CCCCO1. The first-order valence-corrected chi connectivity index (χ1v) is 6.62. The monoisotopic (exact) mass is 235 g/mol. The maximum absolute atomic E-state index is 12.1. The topological polar surface area (TPSA) is 29.5 Å². The van der Waals surface area contributed by atoms with Gasteiger partial charge in [-0.05, 0) is 38.0 Å². The molecule has 2 fully saturated rings. The minimum absolute atomic E-state index is 0.121. The van der Waals surface area contributed by atoms with Gasteiger partial charge in [-0.2, -0.15) is 0 Å². The lowest BCUT2D eigenvalue weighted by atomic mass is 10.1. The molecule has 3 heteroatoms. The Balaban J connectivity index is 1.79. The minimum atomic E-state index is 0.121. The Labute approximate surface area is 104 Å². The summed E-state index contributed by atoms with van der Waals surface area (Å²) in [5, 5.41) is 0. The average Bonchev–Trinajstić information content (AvgIpc) is 3.14. The second kappa shape index (κ2) is 6.07. The Bertz CT molecular complexity index is 298. The lowest BCUT2D eigenvalue weighted by Crippen LogP contribution is -2.36. The van der Waals surface area contributed by atoms with E-state index in [1.54, 1.807) is 0 Å². The summed E-state index contributed by atoms with van der Waals surface area (Å²) < 4.78 is 5.60. The van der Waals surface area contributed by atoms with Crippen LogP contribution in [0.3, 0.4) is 0 Å². The second-order valence-corrected chi connectivity index (χ2v) is 5.11. The molecule has 3 nitrogen and oxygen atoms in total. The highest BCUT2D eigenvalue weighted by atomic mass is 16.5. The standard InChI is InChI=1S/C14H21NO2/c1-2-8-15(11-12-6-7-12)14(16)10-13-5-3-4-9-17-13/h1,12-13H,3-11H2. The van der Waals surface area contributed by atoms with Gasteiger partial charge in [0.1, 0.15) is 0 Å². The third-order valence-corrected chi connectivity index (χ3v) is 3.49. The van der Waals surface area contributed by atoms with Gasteiger partial charge in [-0.25, -0.2) is 0 Å². The van der Waals surface area contributed by atoms with Crippen molar-refractivity contribution in [3.05, 3.63) is 0 Å². The molecule has 2 rings (SSSR count). The zero-order valence-corrected chi connectivity index (χ0v) is 10.4. The van der Waals surface area contributed by atoms with Gasteiger partial charge in [0.15, 0.2) is 0 Å². The highest BCUT2D eigenvalue weighted by Gasteiger charge is 2.28. The van der Waals surface area contributed by atoms with Crippen molar-refractivity contribution in [2.45, 2.75) is 44.6 Å². The molecule has 0 aromatic heterocycles. The van der Waals surface area contributed by atoms with E-state index in [2.05, 4.69) is 5.92 Å². The van der Waals surface area contributed by atoms with Crippen LogP contribution in [0.15, 0.2) is 0 Å². The van der Waals surface area contributed by atoms with Crippen molar-refractivity contribution in [3.63, 3.8) is 0 Å². The Hall–Kier alpha value is -1.01. The zero-order chi connectivity index (χ0) is 12.1. The van der Waals surface area contributed by atoms with Gasteiger partial charge < -0.3 is 9.64 Å². The van der Waals surface area contributed by atoms with Crippen LogP contribution in [0, 0.1) is 18.3 Å². The molecule has 0 N–H and O–H groups in total. The number of terminal acetylenes is 1. The van der Waals surface area contributed by atoms with E-state index in [-0.39, 0.29) is 12.0 Å². The number of carbonyl (C=O) groups is 1. The quantitative estimate of drug-likeness (QED) is 0.680. The van der Waals surface area contributed by atoms with Crippen LogP contribution in [0.1, 0.15) is 38.5 Å². The fraction of sp³-hybridized carbons (Fsp3) is 0.786. The maximum Gasteiger partial charge on any atom is 0.225 e. The molecule has 1 atom stereocenters. The highest BCUT2D eigenvalue weighted by molar-refractivity contribution is 5.77. The summed E-state index contributed by atoms with van der Waals surface area (Å²) in [6.45, 7) is 2.09. The Kier molecular flexibility index (Phi) is 4.44. The van der Waals surface area contributed by atoms with Crippen molar-refractivity contribution in [1.29, 1.82) is 0 Å². The molecule has 2 aliphatic rings. The first-order valence-electron chi connectivity index (χ1n) is 6.62. The Morgan fingerprint density at radius 3 is 2.76 bits per heavy atom. The lowest BCUT2D eigenvalue weighted by molar-refractivity contribution is -0.134. The van der Waals surface area contributed by atoms with Crippen molar-refractivity contribution in [3.8, 4) is 12.3 Å². The van der Waals surface area contributed by atoms with Gasteiger partial charge in [-0.3, -0.25) is 4.79 Å². The van der Waals surface area contributed by atoms with Gasteiger partial charge in [0.25, 0.3) is 0 Å². The molecule has 0 spiro atoms. The molecule has 94 valence electrons. The number of ether oxygens (including phenoxy) is 1. The number of rotatable bonds is 5. The molecule has 1 unspecified atom stereocenters. The van der Waals surface area contributed by atoms with Gasteiger partial charge in [0.2, 0.25) is 5.91 Å². The molecule has 0 aromatic rings. The average molecular weight is 235 g/mol. The molecular formula is C14H21NO2. The third-order valence-electron chi connectivity index (χ3n) is 3.49. The van der Waals surface area contributed by atoms with Crippen LogP contribution < -0.4 is 0 Å². The third kappa shape index (κ3) is 4.05. The van der Waals surface area contributed by atoms with Crippen LogP contribution in [0.5, 0.6) is 0 Å². The molecule has 1 amide bonds. The number of amides is 1.